The second-order valence-corrected chi connectivity index (χ2v) is 8.89. The molecule has 2 aliphatic heterocycles. The summed E-state index contributed by atoms with van der Waals surface area (Å²) in [4.78, 5) is 45.4. The van der Waals surface area contributed by atoms with Crippen LogP contribution in [0.2, 0.25) is 0 Å². The summed E-state index contributed by atoms with van der Waals surface area (Å²) in [5, 5.41) is 5.64. The topological polar surface area (TPSA) is 97.5 Å². The van der Waals surface area contributed by atoms with Gasteiger partial charge >= 0.3 is 0 Å². The van der Waals surface area contributed by atoms with Crippen LogP contribution in [-0.4, -0.2) is 65.2 Å². The van der Waals surface area contributed by atoms with E-state index < -0.39 is 0 Å². The highest BCUT2D eigenvalue weighted by molar-refractivity contribution is 6.35. The summed E-state index contributed by atoms with van der Waals surface area (Å²) < 4.78 is 0. The second kappa shape index (κ2) is 9.85. The molecule has 8 nitrogen and oxygen atoms in total. The van der Waals surface area contributed by atoms with Gasteiger partial charge < -0.3 is 25.4 Å². The highest BCUT2D eigenvalue weighted by Gasteiger charge is 2.29. The van der Waals surface area contributed by atoms with E-state index in [2.05, 4.69) is 34.4 Å². The highest BCUT2D eigenvalue weighted by atomic mass is 16.2. The first-order valence-electron chi connectivity index (χ1n) is 12.0. The molecule has 0 aliphatic carbocycles. The van der Waals surface area contributed by atoms with E-state index in [0.717, 1.165) is 67.1 Å². The summed E-state index contributed by atoms with van der Waals surface area (Å²) in [5.74, 6) is -0.315. The van der Waals surface area contributed by atoms with Crippen LogP contribution >= 0.6 is 0 Å². The molecule has 1 aromatic heterocycles. The van der Waals surface area contributed by atoms with Crippen molar-refractivity contribution in [3.63, 3.8) is 0 Å². The lowest BCUT2D eigenvalue weighted by atomic mass is 10.0. The molecule has 2 aliphatic rings. The molecular weight excluding hydrogens is 430 g/mol. The molecule has 0 saturated heterocycles. The van der Waals surface area contributed by atoms with Crippen molar-refractivity contribution in [2.45, 2.75) is 40.5 Å². The van der Waals surface area contributed by atoms with Crippen molar-refractivity contribution in [1.82, 2.24) is 14.8 Å². The molecule has 3 amide bonds. The van der Waals surface area contributed by atoms with Crippen molar-refractivity contribution in [3.8, 4) is 0 Å². The molecule has 3 N–H and O–H groups in total. The number of anilines is 2. The van der Waals surface area contributed by atoms with E-state index in [0.29, 0.717) is 23.5 Å². The molecule has 0 bridgehead atoms. The van der Waals surface area contributed by atoms with Gasteiger partial charge in [-0.3, -0.25) is 14.4 Å². The first kappa shape index (κ1) is 23.8. The molecule has 4 rings (SSSR count). The van der Waals surface area contributed by atoms with Crippen LogP contribution in [0.25, 0.3) is 11.6 Å². The van der Waals surface area contributed by atoms with Gasteiger partial charge in [-0.15, -0.1) is 0 Å². The number of carbonyl (C=O) groups is 3. The third-order valence-electron chi connectivity index (χ3n) is 6.71. The van der Waals surface area contributed by atoms with E-state index in [-0.39, 0.29) is 17.7 Å². The van der Waals surface area contributed by atoms with Crippen LogP contribution in [-0.2, 0) is 16.0 Å². The Morgan fingerprint density at radius 1 is 1.24 bits per heavy atom. The molecule has 0 spiro atoms. The lowest BCUT2D eigenvalue weighted by Gasteiger charge is -2.25. The number of benzene rings is 1. The highest BCUT2D eigenvalue weighted by Crippen LogP contribution is 2.36. The zero-order valence-corrected chi connectivity index (χ0v) is 20.4. The van der Waals surface area contributed by atoms with Gasteiger partial charge in [0.1, 0.15) is 0 Å². The second-order valence-electron chi connectivity index (χ2n) is 8.89. The number of hydrogen-bond donors (Lipinski definition) is 3. The van der Waals surface area contributed by atoms with Crippen molar-refractivity contribution in [2.75, 3.05) is 43.4 Å². The average molecular weight is 464 g/mol. The van der Waals surface area contributed by atoms with Crippen LogP contribution in [0.3, 0.4) is 0 Å². The Morgan fingerprint density at radius 2 is 2.00 bits per heavy atom. The van der Waals surface area contributed by atoms with Gasteiger partial charge in [-0.1, -0.05) is 13.8 Å². The molecule has 0 saturated carbocycles. The Hall–Kier alpha value is -3.39. The molecule has 3 heterocycles. The smallest absolute Gasteiger partial charge is 0.256 e. The van der Waals surface area contributed by atoms with E-state index in [1.165, 1.54) is 6.92 Å². The zero-order chi connectivity index (χ0) is 24.4. The summed E-state index contributed by atoms with van der Waals surface area (Å²) in [5.41, 5.74) is 5.87. The first-order chi connectivity index (χ1) is 16.3. The van der Waals surface area contributed by atoms with Gasteiger partial charge in [-0.2, -0.15) is 0 Å². The molecule has 0 atom stereocenters. The number of nitrogens with one attached hydrogen (secondary N) is 3. The van der Waals surface area contributed by atoms with Gasteiger partial charge in [0.15, 0.2) is 0 Å². The Balaban J connectivity index is 1.65. The molecule has 0 radical (unpaired) electrons. The number of carbonyl (C=O) groups excluding carboxylic acids is 3. The van der Waals surface area contributed by atoms with Crippen molar-refractivity contribution in [1.29, 1.82) is 0 Å². The predicted octanol–water partition coefficient (Wildman–Crippen LogP) is 3.50. The van der Waals surface area contributed by atoms with Crippen molar-refractivity contribution in [3.05, 3.63) is 46.3 Å². The molecule has 2 aromatic rings. The molecule has 34 heavy (non-hydrogen) atoms. The van der Waals surface area contributed by atoms with Gasteiger partial charge in [0, 0.05) is 54.9 Å². The van der Waals surface area contributed by atoms with Gasteiger partial charge in [-0.25, -0.2) is 0 Å². The SMILES string of the molecule is CCN(CC)CCN1CCCc2[nH]c(C=C3C(=O)Nc4ccc(NC(C)=O)cc43)c(C)c2C1=O. The minimum absolute atomic E-state index is 0.0577. The Morgan fingerprint density at radius 3 is 2.71 bits per heavy atom. The summed E-state index contributed by atoms with van der Waals surface area (Å²) in [7, 11) is 0. The number of H-pyrrole nitrogens is 1. The minimum Gasteiger partial charge on any atom is -0.358 e. The van der Waals surface area contributed by atoms with Crippen LogP contribution in [0.15, 0.2) is 18.2 Å². The van der Waals surface area contributed by atoms with E-state index in [1.54, 1.807) is 18.2 Å². The van der Waals surface area contributed by atoms with Crippen molar-refractivity contribution < 1.29 is 14.4 Å². The standard InChI is InChI=1S/C26H33N5O3/c1-5-30(6-2)12-13-31-11-7-8-22-24(26(31)34)16(3)23(28-22)15-20-19-14-18(27-17(4)32)9-10-21(19)29-25(20)33/h9-10,14-15,28H,5-8,11-13H2,1-4H3,(H,27,32)(H,29,33). The number of likely N-dealkylation sites (N-methyl/N-ethyl adjacent to an activating group) is 1. The van der Waals surface area contributed by atoms with Crippen LogP contribution in [0.1, 0.15) is 60.1 Å². The van der Waals surface area contributed by atoms with E-state index in [1.807, 2.05) is 17.9 Å². The molecular formula is C26H33N5O3. The monoisotopic (exact) mass is 463 g/mol. The third kappa shape index (κ3) is 4.63. The normalized spacial score (nSPS) is 16.5. The maximum atomic E-state index is 13.5. The van der Waals surface area contributed by atoms with Crippen LogP contribution in [0.4, 0.5) is 11.4 Å². The van der Waals surface area contributed by atoms with Crippen LogP contribution in [0, 0.1) is 6.92 Å². The van der Waals surface area contributed by atoms with E-state index >= 15 is 0 Å². The fourth-order valence-corrected chi connectivity index (χ4v) is 4.78. The number of rotatable bonds is 7. The molecule has 1 aromatic carbocycles. The lowest BCUT2D eigenvalue weighted by Crippen LogP contribution is -2.38. The molecule has 0 unspecified atom stereocenters. The van der Waals surface area contributed by atoms with Crippen molar-refractivity contribution >= 4 is 40.7 Å². The Kier molecular flexibility index (Phi) is 6.88. The summed E-state index contributed by atoms with van der Waals surface area (Å²) in [6.07, 6.45) is 3.51. The molecule has 0 fully saturated rings. The maximum absolute atomic E-state index is 13.5. The Bertz CT molecular complexity index is 1160. The van der Waals surface area contributed by atoms with Gasteiger partial charge in [0.05, 0.1) is 11.1 Å². The first-order valence-corrected chi connectivity index (χ1v) is 12.0. The summed E-state index contributed by atoms with van der Waals surface area (Å²) in [6.45, 7) is 11.9. The van der Waals surface area contributed by atoms with Crippen LogP contribution in [0.5, 0.6) is 0 Å². The minimum atomic E-state index is -0.202. The number of amides is 3. The van der Waals surface area contributed by atoms with E-state index in [4.69, 9.17) is 0 Å². The summed E-state index contributed by atoms with van der Waals surface area (Å²) >= 11 is 0. The van der Waals surface area contributed by atoms with Gasteiger partial charge in [0.2, 0.25) is 5.91 Å². The van der Waals surface area contributed by atoms with Crippen LogP contribution < -0.4 is 10.6 Å². The zero-order valence-electron chi connectivity index (χ0n) is 20.4. The molecule has 180 valence electrons. The average Bonchev–Trinajstić information content (AvgIpc) is 3.22. The summed E-state index contributed by atoms with van der Waals surface area (Å²) in [6, 6.07) is 5.34. The number of nitrogens with zero attached hydrogens (tertiary/aromatic N) is 2. The van der Waals surface area contributed by atoms with Crippen molar-refractivity contribution in [2.24, 2.45) is 0 Å². The maximum Gasteiger partial charge on any atom is 0.256 e. The predicted molar refractivity (Wildman–Crippen MR) is 135 cm³/mol. The quantitative estimate of drug-likeness (QED) is 0.548. The number of aromatic nitrogens is 1. The Labute approximate surface area is 200 Å². The molecule has 8 heteroatoms. The number of hydrogen-bond acceptors (Lipinski definition) is 4. The van der Waals surface area contributed by atoms with Gasteiger partial charge in [0.25, 0.3) is 11.8 Å². The van der Waals surface area contributed by atoms with Gasteiger partial charge in [-0.05, 0) is 62.7 Å². The van der Waals surface area contributed by atoms with E-state index in [9.17, 15) is 14.4 Å². The number of aryl methyl sites for hydroxylation is 1. The number of aromatic amines is 1. The fourth-order valence-electron chi connectivity index (χ4n) is 4.78. The third-order valence-corrected chi connectivity index (χ3v) is 6.71. The largest absolute Gasteiger partial charge is 0.358 e. The fraction of sp³-hybridized carbons (Fsp3) is 0.423. The lowest BCUT2D eigenvalue weighted by molar-refractivity contribution is -0.114. The number of fused-ring (bicyclic) bond motifs is 2.